The third kappa shape index (κ3) is 3.45. The van der Waals surface area contributed by atoms with E-state index in [4.69, 9.17) is 17.3 Å². The standard InChI is InChI=1S/C12H16ClFN2O2S/c13-11-5-9(1-2-12(11)14)8-19(17,18)16-4-3-10(6-15)7-16/h1-2,5,10H,3-4,6-8,15H2. The molecule has 0 aromatic heterocycles. The lowest BCUT2D eigenvalue weighted by Gasteiger charge is -2.16. The second-order valence-electron chi connectivity index (χ2n) is 4.75. The van der Waals surface area contributed by atoms with Gasteiger partial charge in [0, 0.05) is 13.1 Å². The Bertz CT molecular complexity index is 565. The maximum atomic E-state index is 13.0. The predicted molar refractivity (Wildman–Crippen MR) is 72.8 cm³/mol. The largest absolute Gasteiger partial charge is 0.330 e. The zero-order chi connectivity index (χ0) is 14.0. The van der Waals surface area contributed by atoms with E-state index in [-0.39, 0.29) is 16.7 Å². The molecule has 1 heterocycles. The fraction of sp³-hybridized carbons (Fsp3) is 0.500. The van der Waals surface area contributed by atoms with Crippen LogP contribution < -0.4 is 5.73 Å². The van der Waals surface area contributed by atoms with Crippen molar-refractivity contribution in [3.05, 3.63) is 34.6 Å². The van der Waals surface area contributed by atoms with Crippen LogP contribution in [0.5, 0.6) is 0 Å². The molecule has 0 aliphatic carbocycles. The molecule has 2 N–H and O–H groups in total. The van der Waals surface area contributed by atoms with Gasteiger partial charge in [0.15, 0.2) is 0 Å². The Morgan fingerprint density at radius 3 is 2.79 bits per heavy atom. The molecule has 1 aliphatic rings. The molecule has 106 valence electrons. The first kappa shape index (κ1) is 14.7. The number of hydrogen-bond acceptors (Lipinski definition) is 3. The Morgan fingerprint density at radius 1 is 1.47 bits per heavy atom. The molecule has 0 radical (unpaired) electrons. The smallest absolute Gasteiger partial charge is 0.218 e. The number of benzene rings is 1. The van der Waals surface area contributed by atoms with Gasteiger partial charge in [0.2, 0.25) is 10.0 Å². The van der Waals surface area contributed by atoms with E-state index in [0.29, 0.717) is 25.2 Å². The van der Waals surface area contributed by atoms with E-state index in [1.165, 1.54) is 22.5 Å². The van der Waals surface area contributed by atoms with E-state index >= 15 is 0 Å². The first-order chi connectivity index (χ1) is 8.92. The van der Waals surface area contributed by atoms with E-state index in [0.717, 1.165) is 6.42 Å². The van der Waals surface area contributed by atoms with Crippen LogP contribution in [0.3, 0.4) is 0 Å². The Balaban J connectivity index is 2.11. The van der Waals surface area contributed by atoms with Crippen LogP contribution in [-0.2, 0) is 15.8 Å². The summed E-state index contributed by atoms with van der Waals surface area (Å²) in [7, 11) is -3.39. The van der Waals surface area contributed by atoms with Gasteiger partial charge in [-0.05, 0) is 36.6 Å². The van der Waals surface area contributed by atoms with Gasteiger partial charge in [-0.25, -0.2) is 17.1 Å². The summed E-state index contributed by atoms with van der Waals surface area (Å²) in [6.07, 6.45) is 0.792. The van der Waals surface area contributed by atoms with Gasteiger partial charge in [0.25, 0.3) is 0 Å². The molecule has 1 unspecified atom stereocenters. The third-order valence-electron chi connectivity index (χ3n) is 3.31. The molecule has 1 fully saturated rings. The molecule has 0 amide bonds. The second kappa shape index (κ2) is 5.75. The third-order valence-corrected chi connectivity index (χ3v) is 5.41. The molecule has 7 heteroatoms. The highest BCUT2D eigenvalue weighted by molar-refractivity contribution is 7.88. The van der Waals surface area contributed by atoms with Gasteiger partial charge in [-0.1, -0.05) is 17.7 Å². The monoisotopic (exact) mass is 306 g/mol. The van der Waals surface area contributed by atoms with Gasteiger partial charge in [0.05, 0.1) is 10.8 Å². The SMILES string of the molecule is NCC1CCN(S(=O)(=O)Cc2ccc(F)c(Cl)c2)C1. The number of sulfonamides is 1. The number of hydrogen-bond donors (Lipinski definition) is 1. The number of halogens is 2. The summed E-state index contributed by atoms with van der Waals surface area (Å²) in [6, 6.07) is 3.97. The summed E-state index contributed by atoms with van der Waals surface area (Å²) >= 11 is 5.65. The average Bonchev–Trinajstić information content (AvgIpc) is 2.83. The summed E-state index contributed by atoms with van der Waals surface area (Å²) < 4.78 is 38.9. The van der Waals surface area contributed by atoms with Crippen molar-refractivity contribution in [3.63, 3.8) is 0 Å². The van der Waals surface area contributed by atoms with Gasteiger partial charge in [-0.3, -0.25) is 0 Å². The van der Waals surface area contributed by atoms with Crippen LogP contribution in [0.1, 0.15) is 12.0 Å². The second-order valence-corrected chi connectivity index (χ2v) is 7.13. The van der Waals surface area contributed by atoms with E-state index < -0.39 is 15.8 Å². The minimum Gasteiger partial charge on any atom is -0.330 e. The number of nitrogens with two attached hydrogens (primary N) is 1. The Kier molecular flexibility index (Phi) is 4.45. The molecule has 19 heavy (non-hydrogen) atoms. The molecule has 2 rings (SSSR count). The van der Waals surface area contributed by atoms with Crippen LogP contribution in [0.4, 0.5) is 4.39 Å². The molecule has 0 saturated carbocycles. The van der Waals surface area contributed by atoms with Gasteiger partial charge >= 0.3 is 0 Å². The molecule has 1 atom stereocenters. The molecule has 0 bridgehead atoms. The lowest BCUT2D eigenvalue weighted by Crippen LogP contribution is -2.31. The topological polar surface area (TPSA) is 63.4 Å². The Morgan fingerprint density at radius 2 is 2.21 bits per heavy atom. The Labute approximate surface area is 117 Å². The normalized spacial score (nSPS) is 20.9. The molecular formula is C12H16ClFN2O2S. The highest BCUT2D eigenvalue weighted by atomic mass is 35.5. The summed E-state index contributed by atoms with van der Waals surface area (Å²) in [5.41, 5.74) is 6.04. The molecular weight excluding hydrogens is 291 g/mol. The molecule has 4 nitrogen and oxygen atoms in total. The lowest BCUT2D eigenvalue weighted by molar-refractivity contribution is 0.458. The van der Waals surface area contributed by atoms with Crippen LogP contribution >= 0.6 is 11.6 Å². The van der Waals surface area contributed by atoms with Gasteiger partial charge in [-0.15, -0.1) is 0 Å². The zero-order valence-electron chi connectivity index (χ0n) is 10.4. The number of rotatable bonds is 4. The molecule has 1 aromatic carbocycles. The van der Waals surface area contributed by atoms with Crippen molar-refractivity contribution in [2.75, 3.05) is 19.6 Å². The lowest BCUT2D eigenvalue weighted by atomic mass is 10.1. The quantitative estimate of drug-likeness (QED) is 0.919. The predicted octanol–water partition coefficient (Wildman–Crippen LogP) is 1.59. The van der Waals surface area contributed by atoms with Crippen molar-refractivity contribution >= 4 is 21.6 Å². The van der Waals surface area contributed by atoms with E-state index in [9.17, 15) is 12.8 Å². The van der Waals surface area contributed by atoms with Crippen molar-refractivity contribution in [2.45, 2.75) is 12.2 Å². The fourth-order valence-electron chi connectivity index (χ4n) is 2.17. The minimum absolute atomic E-state index is 0.0612. The summed E-state index contributed by atoms with van der Waals surface area (Å²) in [6.45, 7) is 1.46. The van der Waals surface area contributed by atoms with Crippen LogP contribution in [0.15, 0.2) is 18.2 Å². The van der Waals surface area contributed by atoms with E-state index in [2.05, 4.69) is 0 Å². The Hall–Kier alpha value is -0.690. The molecule has 1 aliphatic heterocycles. The van der Waals surface area contributed by atoms with Crippen molar-refractivity contribution in [3.8, 4) is 0 Å². The van der Waals surface area contributed by atoms with Gasteiger partial charge in [0.1, 0.15) is 5.82 Å². The highest BCUT2D eigenvalue weighted by Gasteiger charge is 2.30. The van der Waals surface area contributed by atoms with Crippen molar-refractivity contribution < 1.29 is 12.8 Å². The van der Waals surface area contributed by atoms with Crippen molar-refractivity contribution in [1.29, 1.82) is 0 Å². The van der Waals surface area contributed by atoms with Gasteiger partial charge < -0.3 is 5.73 Å². The molecule has 1 saturated heterocycles. The summed E-state index contributed by atoms with van der Waals surface area (Å²) in [5, 5.41) is -0.0612. The summed E-state index contributed by atoms with van der Waals surface area (Å²) in [4.78, 5) is 0. The number of nitrogens with zero attached hydrogens (tertiary/aromatic N) is 1. The average molecular weight is 307 g/mol. The first-order valence-electron chi connectivity index (χ1n) is 6.04. The first-order valence-corrected chi connectivity index (χ1v) is 8.03. The maximum absolute atomic E-state index is 13.0. The van der Waals surface area contributed by atoms with E-state index in [1.54, 1.807) is 0 Å². The van der Waals surface area contributed by atoms with Crippen LogP contribution in [-0.4, -0.2) is 32.4 Å². The van der Waals surface area contributed by atoms with Crippen molar-refractivity contribution in [1.82, 2.24) is 4.31 Å². The zero-order valence-corrected chi connectivity index (χ0v) is 11.9. The van der Waals surface area contributed by atoms with Crippen LogP contribution in [0.2, 0.25) is 5.02 Å². The summed E-state index contributed by atoms with van der Waals surface area (Å²) in [5.74, 6) is -0.483. The molecule has 0 spiro atoms. The van der Waals surface area contributed by atoms with E-state index in [1.807, 2.05) is 0 Å². The van der Waals surface area contributed by atoms with Crippen LogP contribution in [0, 0.1) is 11.7 Å². The maximum Gasteiger partial charge on any atom is 0.218 e. The van der Waals surface area contributed by atoms with Crippen LogP contribution in [0.25, 0.3) is 0 Å². The molecule has 1 aromatic rings. The fourth-order valence-corrected chi connectivity index (χ4v) is 3.98. The minimum atomic E-state index is -3.39. The van der Waals surface area contributed by atoms with Crippen molar-refractivity contribution in [2.24, 2.45) is 11.7 Å². The van der Waals surface area contributed by atoms with Gasteiger partial charge in [-0.2, -0.15) is 0 Å². The highest BCUT2D eigenvalue weighted by Crippen LogP contribution is 2.23.